The van der Waals surface area contributed by atoms with Gasteiger partial charge in [0.1, 0.15) is 6.07 Å². The highest BCUT2D eigenvalue weighted by Gasteiger charge is 2.12. The smallest absolute Gasteiger partial charge is 0.270 e. The van der Waals surface area contributed by atoms with Gasteiger partial charge >= 0.3 is 0 Å². The van der Waals surface area contributed by atoms with Crippen LogP contribution in [0.1, 0.15) is 25.8 Å². The average Bonchev–Trinajstić information content (AvgIpc) is 2.48. The summed E-state index contributed by atoms with van der Waals surface area (Å²) in [7, 11) is 0. The van der Waals surface area contributed by atoms with Crippen molar-refractivity contribution in [2.75, 3.05) is 25.0 Å². The fourth-order valence-electron chi connectivity index (χ4n) is 1.93. The third-order valence-corrected chi connectivity index (χ3v) is 3.10. The third-order valence-electron chi connectivity index (χ3n) is 3.10. The van der Waals surface area contributed by atoms with Crippen LogP contribution in [0.2, 0.25) is 0 Å². The first kappa shape index (κ1) is 16.4. The molecule has 0 atom stereocenters. The van der Waals surface area contributed by atoms with E-state index in [1.807, 2.05) is 19.9 Å². The highest BCUT2D eigenvalue weighted by Crippen LogP contribution is 2.21. The summed E-state index contributed by atoms with van der Waals surface area (Å²) in [4.78, 5) is 23.7. The van der Waals surface area contributed by atoms with Gasteiger partial charge in [-0.05, 0) is 19.9 Å². The Morgan fingerprint density at radius 2 is 2.10 bits per heavy atom. The molecule has 0 saturated heterocycles. The lowest BCUT2D eigenvalue weighted by Gasteiger charge is -2.18. The number of benzene rings is 1. The van der Waals surface area contributed by atoms with E-state index in [1.165, 1.54) is 18.2 Å². The summed E-state index contributed by atoms with van der Waals surface area (Å²) in [5.74, 6) is 0.0351. The van der Waals surface area contributed by atoms with E-state index in [0.29, 0.717) is 31.7 Å². The second-order valence-corrected chi connectivity index (χ2v) is 4.34. The van der Waals surface area contributed by atoms with E-state index in [4.69, 9.17) is 5.26 Å². The number of hydrogen-bond acceptors (Lipinski definition) is 5. The van der Waals surface area contributed by atoms with Crippen LogP contribution in [0.25, 0.3) is 0 Å². The first-order chi connectivity index (χ1) is 10.0. The van der Waals surface area contributed by atoms with Crippen LogP contribution in [0.5, 0.6) is 0 Å². The maximum atomic E-state index is 11.8. The minimum absolute atomic E-state index is 0.0351. The molecule has 7 heteroatoms. The Morgan fingerprint density at radius 1 is 1.43 bits per heavy atom. The second-order valence-electron chi connectivity index (χ2n) is 4.34. The third kappa shape index (κ3) is 4.45. The molecule has 21 heavy (non-hydrogen) atoms. The maximum absolute atomic E-state index is 11.8. The van der Waals surface area contributed by atoms with E-state index in [9.17, 15) is 14.9 Å². The number of hydrogen-bond donors (Lipinski definition) is 1. The standard InChI is InChI=1S/C14H18N4O3/c1-3-17(4-2)14(19)7-8-16-13-6-5-12(18(20)21)9-11(13)10-15/h5-6,9,16H,3-4,7-8H2,1-2H3. The van der Waals surface area contributed by atoms with Crippen molar-refractivity contribution >= 4 is 17.3 Å². The molecule has 1 aromatic carbocycles. The summed E-state index contributed by atoms with van der Waals surface area (Å²) in [5.41, 5.74) is 0.561. The van der Waals surface area contributed by atoms with Crippen LogP contribution in [0.4, 0.5) is 11.4 Å². The number of amides is 1. The molecule has 1 aromatic rings. The van der Waals surface area contributed by atoms with E-state index < -0.39 is 4.92 Å². The van der Waals surface area contributed by atoms with E-state index in [0.717, 1.165) is 0 Å². The molecule has 1 rings (SSSR count). The van der Waals surface area contributed by atoms with Crippen molar-refractivity contribution in [1.82, 2.24) is 4.90 Å². The quantitative estimate of drug-likeness (QED) is 0.612. The van der Waals surface area contributed by atoms with Crippen LogP contribution in [0.15, 0.2) is 18.2 Å². The Labute approximate surface area is 123 Å². The van der Waals surface area contributed by atoms with Crippen molar-refractivity contribution in [3.63, 3.8) is 0 Å². The number of nitrogens with one attached hydrogen (secondary N) is 1. The van der Waals surface area contributed by atoms with Crippen LogP contribution in [-0.4, -0.2) is 35.4 Å². The minimum atomic E-state index is -0.547. The number of rotatable bonds is 7. The monoisotopic (exact) mass is 290 g/mol. The molecule has 0 unspecified atom stereocenters. The summed E-state index contributed by atoms with van der Waals surface area (Å²) >= 11 is 0. The molecule has 0 aromatic heterocycles. The molecular weight excluding hydrogens is 272 g/mol. The number of anilines is 1. The SMILES string of the molecule is CCN(CC)C(=O)CCNc1ccc([N+](=O)[O-])cc1C#N. The van der Waals surface area contributed by atoms with Crippen molar-refractivity contribution < 1.29 is 9.72 Å². The van der Waals surface area contributed by atoms with Crippen LogP contribution in [-0.2, 0) is 4.79 Å². The first-order valence-corrected chi connectivity index (χ1v) is 6.73. The second kappa shape index (κ2) is 7.85. The van der Waals surface area contributed by atoms with Gasteiger partial charge in [-0.15, -0.1) is 0 Å². The highest BCUT2D eigenvalue weighted by molar-refractivity contribution is 5.76. The molecule has 0 aliphatic rings. The van der Waals surface area contributed by atoms with Crippen molar-refractivity contribution in [2.24, 2.45) is 0 Å². The number of nitro groups is 1. The number of nitrogens with zero attached hydrogens (tertiary/aromatic N) is 3. The van der Waals surface area contributed by atoms with Gasteiger partial charge in [-0.3, -0.25) is 14.9 Å². The summed E-state index contributed by atoms with van der Waals surface area (Å²) in [6.07, 6.45) is 0.309. The van der Waals surface area contributed by atoms with Gasteiger partial charge in [0.15, 0.2) is 0 Å². The van der Waals surface area contributed by atoms with Crippen molar-refractivity contribution in [3.05, 3.63) is 33.9 Å². The van der Waals surface area contributed by atoms with Gasteiger partial charge in [-0.2, -0.15) is 5.26 Å². The van der Waals surface area contributed by atoms with Crippen molar-refractivity contribution in [1.29, 1.82) is 5.26 Å². The van der Waals surface area contributed by atoms with Crippen molar-refractivity contribution in [3.8, 4) is 6.07 Å². The van der Waals surface area contributed by atoms with Crippen LogP contribution < -0.4 is 5.32 Å². The molecule has 1 amide bonds. The molecule has 0 fully saturated rings. The summed E-state index contributed by atoms with van der Waals surface area (Å²) in [6, 6.07) is 5.94. The molecular formula is C14H18N4O3. The molecule has 0 aliphatic heterocycles. The Morgan fingerprint density at radius 3 is 2.62 bits per heavy atom. The van der Waals surface area contributed by atoms with Crippen LogP contribution in [0, 0.1) is 21.4 Å². The summed E-state index contributed by atoms with van der Waals surface area (Å²) < 4.78 is 0. The lowest BCUT2D eigenvalue weighted by atomic mass is 10.1. The Balaban J connectivity index is 2.66. The fraction of sp³-hybridized carbons (Fsp3) is 0.429. The van der Waals surface area contributed by atoms with E-state index >= 15 is 0 Å². The number of nitro benzene ring substituents is 1. The normalized spacial score (nSPS) is 9.76. The molecule has 7 nitrogen and oxygen atoms in total. The molecule has 1 N–H and O–H groups in total. The highest BCUT2D eigenvalue weighted by atomic mass is 16.6. The zero-order valence-corrected chi connectivity index (χ0v) is 12.1. The predicted molar refractivity (Wildman–Crippen MR) is 78.8 cm³/mol. The van der Waals surface area contributed by atoms with E-state index in [1.54, 1.807) is 4.90 Å². The van der Waals surface area contributed by atoms with Crippen LogP contribution in [0.3, 0.4) is 0 Å². The maximum Gasteiger partial charge on any atom is 0.270 e. The fourth-order valence-corrected chi connectivity index (χ4v) is 1.93. The summed E-state index contributed by atoms with van der Waals surface area (Å²) in [6.45, 7) is 5.53. The minimum Gasteiger partial charge on any atom is -0.383 e. The Kier molecular flexibility index (Phi) is 6.14. The Hall–Kier alpha value is -2.62. The summed E-state index contributed by atoms with van der Waals surface area (Å²) in [5, 5.41) is 22.6. The van der Waals surface area contributed by atoms with Crippen molar-refractivity contribution in [2.45, 2.75) is 20.3 Å². The number of carbonyl (C=O) groups excluding carboxylic acids is 1. The van der Waals surface area contributed by atoms with Gasteiger partial charge in [0.2, 0.25) is 5.91 Å². The zero-order chi connectivity index (χ0) is 15.8. The van der Waals surface area contributed by atoms with E-state index in [-0.39, 0.29) is 17.2 Å². The molecule has 0 heterocycles. The molecule has 0 spiro atoms. The molecule has 0 bridgehead atoms. The lowest BCUT2D eigenvalue weighted by molar-refractivity contribution is -0.384. The van der Waals surface area contributed by atoms with Gasteiger partial charge in [-0.25, -0.2) is 0 Å². The van der Waals surface area contributed by atoms with E-state index in [2.05, 4.69) is 5.32 Å². The largest absolute Gasteiger partial charge is 0.383 e. The molecule has 0 saturated carbocycles. The molecule has 112 valence electrons. The first-order valence-electron chi connectivity index (χ1n) is 6.73. The zero-order valence-electron chi connectivity index (χ0n) is 12.1. The van der Waals surface area contributed by atoms with Gasteiger partial charge in [0.05, 0.1) is 16.2 Å². The molecule has 0 radical (unpaired) electrons. The predicted octanol–water partition coefficient (Wildman–Crippen LogP) is 2.14. The number of nitriles is 1. The van der Waals surface area contributed by atoms with Gasteiger partial charge in [-0.1, -0.05) is 0 Å². The van der Waals surface area contributed by atoms with Crippen LogP contribution >= 0.6 is 0 Å². The van der Waals surface area contributed by atoms with Gasteiger partial charge in [0, 0.05) is 38.2 Å². The topological polar surface area (TPSA) is 99.3 Å². The molecule has 0 aliphatic carbocycles. The lowest BCUT2D eigenvalue weighted by Crippen LogP contribution is -2.31. The van der Waals surface area contributed by atoms with Gasteiger partial charge < -0.3 is 10.2 Å². The number of non-ortho nitro benzene ring substituents is 1. The number of carbonyl (C=O) groups is 1. The average molecular weight is 290 g/mol. The Bertz CT molecular complexity index is 562. The van der Waals surface area contributed by atoms with Gasteiger partial charge in [0.25, 0.3) is 5.69 Å².